The summed E-state index contributed by atoms with van der Waals surface area (Å²) in [6.07, 6.45) is -6.72. The van der Waals surface area contributed by atoms with Crippen LogP contribution in [0.1, 0.15) is 11.7 Å². The second-order valence-corrected chi connectivity index (χ2v) is 4.95. The molecule has 0 amide bonds. The maximum absolute atomic E-state index is 13.1. The molecule has 19 heavy (non-hydrogen) atoms. The highest BCUT2D eigenvalue weighted by Crippen LogP contribution is 2.40. The highest BCUT2D eigenvalue weighted by atomic mass is 79.9. The van der Waals surface area contributed by atoms with Crippen LogP contribution in [0.4, 0.5) is 13.2 Å². The number of halogens is 4. The van der Waals surface area contributed by atoms with Crippen molar-refractivity contribution in [3.8, 4) is 5.75 Å². The van der Waals surface area contributed by atoms with Gasteiger partial charge in [0.05, 0.1) is 20.3 Å². The summed E-state index contributed by atoms with van der Waals surface area (Å²) in [6, 6.07) is 4.39. The highest BCUT2D eigenvalue weighted by Gasteiger charge is 2.44. The Bertz CT molecular complexity index is 446. The SMILES string of the molecule is COc1ccc(Br)c([C@@H](OC[C@H]2CO2)C(F)(F)F)c1. The average Bonchev–Trinajstić information content (AvgIpc) is 3.14. The van der Waals surface area contributed by atoms with E-state index in [0.29, 0.717) is 16.8 Å². The maximum atomic E-state index is 13.1. The first-order valence-corrected chi connectivity index (χ1v) is 6.34. The van der Waals surface area contributed by atoms with Gasteiger partial charge in [-0.3, -0.25) is 0 Å². The monoisotopic (exact) mass is 340 g/mol. The smallest absolute Gasteiger partial charge is 0.418 e. The molecule has 2 atom stereocenters. The van der Waals surface area contributed by atoms with Crippen LogP contribution in [0.5, 0.6) is 5.75 Å². The van der Waals surface area contributed by atoms with Gasteiger partial charge >= 0.3 is 6.18 Å². The summed E-state index contributed by atoms with van der Waals surface area (Å²) in [5, 5.41) is 0. The van der Waals surface area contributed by atoms with Gasteiger partial charge in [0.2, 0.25) is 0 Å². The van der Waals surface area contributed by atoms with Gasteiger partial charge in [-0.1, -0.05) is 15.9 Å². The molecule has 1 saturated heterocycles. The van der Waals surface area contributed by atoms with E-state index >= 15 is 0 Å². The Hall–Kier alpha value is -0.790. The van der Waals surface area contributed by atoms with Crippen molar-refractivity contribution in [1.82, 2.24) is 0 Å². The molecule has 106 valence electrons. The Labute approximate surface area is 116 Å². The second kappa shape index (κ2) is 5.68. The summed E-state index contributed by atoms with van der Waals surface area (Å²) < 4.78 is 54.3. The van der Waals surface area contributed by atoms with Crippen LogP contribution < -0.4 is 4.74 Å². The molecule has 1 fully saturated rings. The van der Waals surface area contributed by atoms with Crippen molar-refractivity contribution in [3.05, 3.63) is 28.2 Å². The van der Waals surface area contributed by atoms with Gasteiger partial charge in [0.25, 0.3) is 0 Å². The van der Waals surface area contributed by atoms with Crippen molar-refractivity contribution in [2.45, 2.75) is 18.4 Å². The number of methoxy groups -OCH3 is 1. The molecule has 1 aliphatic heterocycles. The average molecular weight is 341 g/mol. The molecule has 0 N–H and O–H groups in total. The number of epoxide rings is 1. The standard InChI is InChI=1S/C12H12BrF3O3/c1-17-7-2-3-10(13)9(4-7)11(12(14,15)16)19-6-8-5-18-8/h2-4,8,11H,5-6H2,1H3/t8-,11-/m1/s1. The topological polar surface area (TPSA) is 31.0 Å². The van der Waals surface area contributed by atoms with E-state index in [0.717, 1.165) is 0 Å². The minimum Gasteiger partial charge on any atom is -0.497 e. The third-order valence-corrected chi connectivity index (χ3v) is 3.36. The molecule has 7 heteroatoms. The van der Waals surface area contributed by atoms with E-state index in [2.05, 4.69) is 15.9 Å². The van der Waals surface area contributed by atoms with Gasteiger partial charge in [0.1, 0.15) is 11.9 Å². The van der Waals surface area contributed by atoms with E-state index in [-0.39, 0.29) is 18.3 Å². The largest absolute Gasteiger partial charge is 0.497 e. The van der Waals surface area contributed by atoms with Crippen LogP contribution in [0.3, 0.4) is 0 Å². The molecule has 0 aromatic heterocycles. The first-order valence-electron chi connectivity index (χ1n) is 5.55. The summed E-state index contributed by atoms with van der Waals surface area (Å²) in [5.41, 5.74) is -0.00694. The van der Waals surface area contributed by atoms with Crippen LogP contribution in [0.15, 0.2) is 22.7 Å². The molecule has 0 unspecified atom stereocenters. The van der Waals surface area contributed by atoms with Gasteiger partial charge < -0.3 is 14.2 Å². The van der Waals surface area contributed by atoms with E-state index in [4.69, 9.17) is 14.2 Å². The second-order valence-electron chi connectivity index (χ2n) is 4.10. The molecule has 1 aromatic rings. The van der Waals surface area contributed by atoms with Crippen LogP contribution in [0, 0.1) is 0 Å². The predicted octanol–water partition coefficient (Wildman–Crippen LogP) is 3.48. The Kier molecular flexibility index (Phi) is 4.37. The highest BCUT2D eigenvalue weighted by molar-refractivity contribution is 9.10. The molecule has 0 spiro atoms. The van der Waals surface area contributed by atoms with Gasteiger partial charge in [-0.05, 0) is 18.2 Å². The van der Waals surface area contributed by atoms with Crippen molar-refractivity contribution in [2.24, 2.45) is 0 Å². The summed E-state index contributed by atoms with van der Waals surface area (Å²) >= 11 is 3.11. The molecular formula is C12H12BrF3O3. The van der Waals surface area contributed by atoms with Crippen molar-refractivity contribution < 1.29 is 27.4 Å². The fraction of sp³-hybridized carbons (Fsp3) is 0.500. The fourth-order valence-corrected chi connectivity index (χ4v) is 2.03. The predicted molar refractivity (Wildman–Crippen MR) is 65.2 cm³/mol. The Morgan fingerprint density at radius 1 is 1.47 bits per heavy atom. The van der Waals surface area contributed by atoms with E-state index < -0.39 is 12.3 Å². The third-order valence-electron chi connectivity index (χ3n) is 2.63. The van der Waals surface area contributed by atoms with E-state index in [1.54, 1.807) is 6.07 Å². The lowest BCUT2D eigenvalue weighted by Crippen LogP contribution is -2.25. The van der Waals surface area contributed by atoms with E-state index in [9.17, 15) is 13.2 Å². The number of ether oxygens (including phenoxy) is 3. The van der Waals surface area contributed by atoms with Crippen LogP contribution in [0.2, 0.25) is 0 Å². The number of benzene rings is 1. The van der Waals surface area contributed by atoms with Crippen LogP contribution >= 0.6 is 15.9 Å². The molecule has 1 aliphatic rings. The zero-order valence-electron chi connectivity index (χ0n) is 10.0. The lowest BCUT2D eigenvalue weighted by atomic mass is 10.1. The Morgan fingerprint density at radius 2 is 2.16 bits per heavy atom. The number of hydrogen-bond acceptors (Lipinski definition) is 3. The van der Waals surface area contributed by atoms with E-state index in [1.807, 2.05) is 0 Å². The fourth-order valence-electron chi connectivity index (χ4n) is 1.58. The zero-order chi connectivity index (χ0) is 14.0. The minimum absolute atomic E-state index is 0.00694. The first-order chi connectivity index (χ1) is 8.91. The molecule has 1 aromatic carbocycles. The molecule has 0 bridgehead atoms. The molecule has 0 saturated carbocycles. The quantitative estimate of drug-likeness (QED) is 0.769. The van der Waals surface area contributed by atoms with Crippen molar-refractivity contribution in [1.29, 1.82) is 0 Å². The molecule has 0 aliphatic carbocycles. The van der Waals surface area contributed by atoms with Gasteiger partial charge in [-0.2, -0.15) is 13.2 Å². The maximum Gasteiger partial charge on any atom is 0.418 e. The Morgan fingerprint density at radius 3 is 2.68 bits per heavy atom. The third kappa shape index (κ3) is 3.84. The van der Waals surface area contributed by atoms with Gasteiger partial charge in [-0.15, -0.1) is 0 Å². The van der Waals surface area contributed by atoms with Crippen molar-refractivity contribution in [3.63, 3.8) is 0 Å². The van der Waals surface area contributed by atoms with Crippen LogP contribution in [-0.4, -0.2) is 32.6 Å². The van der Waals surface area contributed by atoms with Crippen molar-refractivity contribution in [2.75, 3.05) is 20.3 Å². The number of hydrogen-bond donors (Lipinski definition) is 0. The number of alkyl halides is 3. The van der Waals surface area contributed by atoms with Gasteiger partial charge in [0.15, 0.2) is 6.10 Å². The summed E-state index contributed by atoms with van der Waals surface area (Å²) in [5.74, 6) is 0.346. The van der Waals surface area contributed by atoms with Gasteiger partial charge in [-0.25, -0.2) is 0 Å². The summed E-state index contributed by atoms with van der Waals surface area (Å²) in [7, 11) is 1.40. The molecular weight excluding hydrogens is 329 g/mol. The van der Waals surface area contributed by atoms with Crippen LogP contribution in [-0.2, 0) is 9.47 Å². The van der Waals surface area contributed by atoms with Crippen molar-refractivity contribution >= 4 is 15.9 Å². The lowest BCUT2D eigenvalue weighted by molar-refractivity contribution is -0.225. The molecule has 0 radical (unpaired) electrons. The van der Waals surface area contributed by atoms with Gasteiger partial charge in [0, 0.05) is 10.0 Å². The minimum atomic E-state index is -4.50. The normalized spacial score (nSPS) is 20.2. The summed E-state index contributed by atoms with van der Waals surface area (Å²) in [6.45, 7) is 0.373. The molecule has 1 heterocycles. The lowest BCUT2D eigenvalue weighted by Gasteiger charge is -2.22. The summed E-state index contributed by atoms with van der Waals surface area (Å²) in [4.78, 5) is 0. The molecule has 3 nitrogen and oxygen atoms in total. The molecule has 2 rings (SSSR count). The zero-order valence-corrected chi connectivity index (χ0v) is 11.6. The van der Waals surface area contributed by atoms with Crippen LogP contribution in [0.25, 0.3) is 0 Å². The number of rotatable bonds is 5. The van der Waals surface area contributed by atoms with E-state index in [1.165, 1.54) is 19.2 Å². The first kappa shape index (κ1) is 14.6. The Balaban J connectivity index is 2.24.